The predicted molar refractivity (Wildman–Crippen MR) is 164 cm³/mol. The summed E-state index contributed by atoms with van der Waals surface area (Å²) in [6.07, 6.45) is -4.10. The lowest BCUT2D eigenvalue weighted by Gasteiger charge is -2.40. The van der Waals surface area contributed by atoms with E-state index < -0.39 is 35.9 Å². The Hall–Kier alpha value is -3.87. The summed E-state index contributed by atoms with van der Waals surface area (Å²) in [6, 6.07) is 9.27. The molecule has 0 unspecified atom stereocenters. The Morgan fingerprint density at radius 2 is 1.49 bits per heavy atom. The lowest BCUT2D eigenvalue weighted by atomic mass is 9.99. The van der Waals surface area contributed by atoms with Crippen LogP contribution in [0.5, 0.6) is 5.88 Å². The number of hydrogen-bond donors (Lipinski definition) is 0. The average Bonchev–Trinajstić information content (AvgIpc) is 3.04. The number of halogens is 6. The minimum Gasteiger partial charge on any atom is -0.477 e. The quantitative estimate of drug-likeness (QED) is 0.266. The van der Waals surface area contributed by atoms with E-state index in [-0.39, 0.29) is 36.2 Å². The lowest BCUT2D eigenvalue weighted by molar-refractivity contribution is -0.143. The second kappa shape index (κ2) is 13.3. The number of carbonyl (C=O) groups excluding carboxylic acids is 1. The van der Waals surface area contributed by atoms with Gasteiger partial charge in [-0.05, 0) is 81.4 Å². The standard InChI is InChI=1S/C34H37F6N5O2/c1-22-8-3-4-9-27(22)29-28-30(42-32(41-29)44-15-10-26(11-16-44)43-12-5-2-6-13-43)47-17-7-14-45(31(28)46)21-23-18-24(33(35,36)37)20-25(19-23)34(38,39)40/h3-4,8-9,18-20,26H,2,5-7,10-17,21H2,1H3. The zero-order chi connectivity index (χ0) is 33.3. The molecule has 13 heteroatoms. The van der Waals surface area contributed by atoms with E-state index in [2.05, 4.69) is 9.80 Å². The Labute approximate surface area is 269 Å². The number of benzene rings is 2. The highest BCUT2D eigenvalue weighted by Gasteiger charge is 2.38. The molecular formula is C34H37F6N5O2. The van der Waals surface area contributed by atoms with Gasteiger partial charge in [-0.25, -0.2) is 4.98 Å². The van der Waals surface area contributed by atoms with Crippen molar-refractivity contribution in [1.82, 2.24) is 19.8 Å². The maximum Gasteiger partial charge on any atom is 0.416 e. The number of aryl methyl sites for hydroxylation is 1. The Balaban J connectivity index is 1.36. The van der Waals surface area contributed by atoms with Crippen LogP contribution in [-0.2, 0) is 18.9 Å². The number of amides is 1. The largest absolute Gasteiger partial charge is 0.477 e. The zero-order valence-corrected chi connectivity index (χ0v) is 26.1. The summed E-state index contributed by atoms with van der Waals surface area (Å²) in [5.74, 6) is -0.146. The first-order chi connectivity index (χ1) is 22.4. The zero-order valence-electron chi connectivity index (χ0n) is 26.1. The van der Waals surface area contributed by atoms with Crippen LogP contribution in [0.1, 0.15) is 71.1 Å². The van der Waals surface area contributed by atoms with Crippen molar-refractivity contribution in [3.05, 3.63) is 70.3 Å². The van der Waals surface area contributed by atoms with Crippen LogP contribution in [0, 0.1) is 6.92 Å². The molecule has 1 amide bonds. The highest BCUT2D eigenvalue weighted by atomic mass is 19.4. The first-order valence-electron chi connectivity index (χ1n) is 16.1. The lowest BCUT2D eigenvalue weighted by Crippen LogP contribution is -2.47. The minimum absolute atomic E-state index is 0.0361. The fourth-order valence-electron chi connectivity index (χ4n) is 6.78. The predicted octanol–water partition coefficient (Wildman–Crippen LogP) is 7.37. The van der Waals surface area contributed by atoms with Crippen molar-refractivity contribution in [3.8, 4) is 17.1 Å². The first-order valence-corrected chi connectivity index (χ1v) is 16.1. The first kappa shape index (κ1) is 33.0. The monoisotopic (exact) mass is 661 g/mol. The third kappa shape index (κ3) is 7.34. The van der Waals surface area contributed by atoms with Crippen molar-refractivity contribution in [1.29, 1.82) is 0 Å². The van der Waals surface area contributed by atoms with Gasteiger partial charge >= 0.3 is 12.4 Å². The van der Waals surface area contributed by atoms with Gasteiger partial charge in [-0.2, -0.15) is 31.3 Å². The third-order valence-electron chi connectivity index (χ3n) is 9.25. The highest BCUT2D eigenvalue weighted by Crippen LogP contribution is 2.38. The Morgan fingerprint density at radius 3 is 2.13 bits per heavy atom. The van der Waals surface area contributed by atoms with E-state index in [1.165, 1.54) is 24.2 Å². The molecule has 0 spiro atoms. The molecule has 0 aliphatic carbocycles. The molecular weight excluding hydrogens is 624 g/mol. The van der Waals surface area contributed by atoms with Crippen LogP contribution in [0.3, 0.4) is 0 Å². The molecule has 0 bridgehead atoms. The number of nitrogens with zero attached hydrogens (tertiary/aromatic N) is 5. The Bertz CT molecular complexity index is 1560. The number of aromatic nitrogens is 2. The van der Waals surface area contributed by atoms with Crippen molar-refractivity contribution < 1.29 is 35.9 Å². The molecule has 1 aromatic heterocycles. The molecule has 47 heavy (non-hydrogen) atoms. The van der Waals surface area contributed by atoms with Crippen LogP contribution in [-0.4, -0.2) is 71.0 Å². The van der Waals surface area contributed by atoms with Gasteiger partial charge in [-0.1, -0.05) is 30.7 Å². The number of hydrogen-bond acceptors (Lipinski definition) is 6. The van der Waals surface area contributed by atoms with Gasteiger partial charge in [0, 0.05) is 37.8 Å². The molecule has 0 saturated carbocycles. The van der Waals surface area contributed by atoms with Crippen LogP contribution in [0.25, 0.3) is 11.3 Å². The molecule has 252 valence electrons. The van der Waals surface area contributed by atoms with Crippen LogP contribution < -0.4 is 9.64 Å². The fraction of sp³-hybridized carbons (Fsp3) is 0.500. The van der Waals surface area contributed by atoms with Gasteiger partial charge in [0.2, 0.25) is 11.8 Å². The number of rotatable bonds is 5. The van der Waals surface area contributed by atoms with Crippen molar-refractivity contribution in [2.75, 3.05) is 44.2 Å². The molecule has 3 aromatic rings. The molecule has 0 N–H and O–H groups in total. The summed E-state index contributed by atoms with van der Waals surface area (Å²) in [4.78, 5) is 29.8. The van der Waals surface area contributed by atoms with Crippen LogP contribution in [0.15, 0.2) is 42.5 Å². The molecule has 7 nitrogen and oxygen atoms in total. The second-order valence-corrected chi connectivity index (χ2v) is 12.5. The molecule has 0 radical (unpaired) electrons. The van der Waals surface area contributed by atoms with E-state index in [4.69, 9.17) is 14.7 Å². The number of likely N-dealkylation sites (tertiary alicyclic amines) is 1. The second-order valence-electron chi connectivity index (χ2n) is 12.5. The van der Waals surface area contributed by atoms with Gasteiger partial charge in [-0.15, -0.1) is 0 Å². The molecule has 3 aliphatic heterocycles. The topological polar surface area (TPSA) is 61.8 Å². The van der Waals surface area contributed by atoms with E-state index in [1.54, 1.807) is 0 Å². The number of ether oxygens (including phenoxy) is 1. The smallest absolute Gasteiger partial charge is 0.416 e. The molecule has 4 heterocycles. The van der Waals surface area contributed by atoms with E-state index in [0.29, 0.717) is 41.8 Å². The maximum absolute atomic E-state index is 14.3. The SMILES string of the molecule is Cc1ccccc1-c1nc(N2CCC(N3CCCCC3)CC2)nc2c1C(=O)N(Cc1cc(C(F)(F)F)cc(C(F)(F)F)c1)CCCO2. The Morgan fingerprint density at radius 1 is 0.830 bits per heavy atom. The number of alkyl halides is 6. The van der Waals surface area contributed by atoms with Gasteiger partial charge in [0.25, 0.3) is 5.91 Å². The van der Waals surface area contributed by atoms with Crippen molar-refractivity contribution in [2.45, 2.75) is 70.4 Å². The van der Waals surface area contributed by atoms with E-state index in [0.717, 1.165) is 44.6 Å². The number of fused-ring (bicyclic) bond motifs is 1. The van der Waals surface area contributed by atoms with Crippen LogP contribution in [0.2, 0.25) is 0 Å². The van der Waals surface area contributed by atoms with Gasteiger partial charge in [-0.3, -0.25) is 4.79 Å². The normalized spacial score (nSPS) is 18.8. The minimum atomic E-state index is -5.00. The van der Waals surface area contributed by atoms with E-state index in [9.17, 15) is 31.1 Å². The summed E-state index contributed by atoms with van der Waals surface area (Å²) in [5.41, 5.74) is -1.29. The van der Waals surface area contributed by atoms with Crippen molar-refractivity contribution >= 4 is 11.9 Å². The van der Waals surface area contributed by atoms with E-state index in [1.807, 2.05) is 31.2 Å². The number of anilines is 1. The van der Waals surface area contributed by atoms with Gasteiger partial charge in [0.05, 0.1) is 23.4 Å². The maximum atomic E-state index is 14.3. The van der Waals surface area contributed by atoms with Crippen molar-refractivity contribution in [3.63, 3.8) is 0 Å². The molecule has 2 fully saturated rings. The fourth-order valence-corrected chi connectivity index (χ4v) is 6.78. The number of carbonyl (C=O) groups is 1. The molecule has 6 rings (SSSR count). The summed E-state index contributed by atoms with van der Waals surface area (Å²) in [7, 11) is 0. The van der Waals surface area contributed by atoms with E-state index >= 15 is 0 Å². The van der Waals surface area contributed by atoms with Crippen LogP contribution >= 0.6 is 0 Å². The summed E-state index contributed by atoms with van der Waals surface area (Å²) < 4.78 is 87.7. The molecule has 3 aliphatic rings. The third-order valence-corrected chi connectivity index (χ3v) is 9.25. The average molecular weight is 662 g/mol. The number of piperidine rings is 2. The van der Waals surface area contributed by atoms with Gasteiger partial charge in [0.1, 0.15) is 5.56 Å². The van der Waals surface area contributed by atoms with Crippen LogP contribution in [0.4, 0.5) is 32.3 Å². The summed E-state index contributed by atoms with van der Waals surface area (Å²) >= 11 is 0. The van der Waals surface area contributed by atoms with Gasteiger partial charge in [0.15, 0.2) is 0 Å². The molecule has 2 aromatic carbocycles. The molecule has 0 atom stereocenters. The summed E-state index contributed by atoms with van der Waals surface area (Å²) in [5, 5.41) is 0. The summed E-state index contributed by atoms with van der Waals surface area (Å²) in [6.45, 7) is 5.28. The van der Waals surface area contributed by atoms with Crippen molar-refractivity contribution in [2.24, 2.45) is 0 Å². The van der Waals surface area contributed by atoms with Gasteiger partial charge < -0.3 is 19.4 Å². The highest BCUT2D eigenvalue weighted by molar-refractivity contribution is 6.02. The molecule has 2 saturated heterocycles. The Kier molecular flexibility index (Phi) is 9.37.